The summed E-state index contributed by atoms with van der Waals surface area (Å²) in [5, 5.41) is 19.9. The smallest absolute Gasteiger partial charge is 0.153 e. The number of hydrogen-bond acceptors (Lipinski definition) is 2. The van der Waals surface area contributed by atoms with E-state index in [2.05, 4.69) is 31.9 Å². The van der Waals surface area contributed by atoms with E-state index in [1.165, 1.54) is 0 Å². The third-order valence-corrected chi connectivity index (χ3v) is 6.38. The second-order valence-electron chi connectivity index (χ2n) is 4.16. The van der Waals surface area contributed by atoms with E-state index in [4.69, 9.17) is 46.4 Å². The van der Waals surface area contributed by atoms with Gasteiger partial charge in [-0.25, -0.2) is 0 Å². The van der Waals surface area contributed by atoms with E-state index in [9.17, 15) is 10.2 Å². The van der Waals surface area contributed by atoms with Crippen LogP contribution >= 0.6 is 78.3 Å². The molecule has 0 aliphatic rings. The summed E-state index contributed by atoms with van der Waals surface area (Å²) in [6, 6.07) is 3.18. The van der Waals surface area contributed by atoms with Gasteiger partial charge in [-0.2, -0.15) is 0 Å². The van der Waals surface area contributed by atoms with Crippen LogP contribution in [0.1, 0.15) is 11.1 Å². The Hall–Kier alpha value is 0.160. The summed E-state index contributed by atoms with van der Waals surface area (Å²) in [5.41, 5.74) is 1.47. The lowest BCUT2D eigenvalue weighted by molar-refractivity contribution is 0.475. The Morgan fingerprint density at radius 3 is 1.43 bits per heavy atom. The summed E-state index contributed by atoms with van der Waals surface area (Å²) in [7, 11) is 0. The van der Waals surface area contributed by atoms with Gasteiger partial charge in [-0.15, -0.1) is 0 Å². The molecular weight excluding hydrogens is 490 g/mol. The monoisotopic (exact) mass is 492 g/mol. The number of hydrogen-bond donors (Lipinski definition) is 2. The molecule has 0 aromatic heterocycles. The summed E-state index contributed by atoms with van der Waals surface area (Å²) in [5.74, 6) is -0.371. The fourth-order valence-electron chi connectivity index (χ4n) is 1.73. The van der Waals surface area contributed by atoms with E-state index in [1.807, 2.05) is 0 Å². The van der Waals surface area contributed by atoms with Crippen molar-refractivity contribution in [3.8, 4) is 11.5 Å². The largest absolute Gasteiger partial charge is 0.505 e. The Kier molecular flexibility index (Phi) is 5.61. The quantitative estimate of drug-likeness (QED) is 0.448. The standard InChI is InChI=1S/C13H6Br2Cl4O2/c14-8-4(2-6(16)12(20)10(8)18)1-5-3-7(17)13(21)11(19)9(5)15/h2-3,20-21H,1H2. The Bertz CT molecular complexity index is 674. The van der Waals surface area contributed by atoms with Gasteiger partial charge in [-0.1, -0.05) is 46.4 Å². The van der Waals surface area contributed by atoms with Crippen molar-refractivity contribution < 1.29 is 10.2 Å². The molecule has 21 heavy (non-hydrogen) atoms. The van der Waals surface area contributed by atoms with Crippen LogP contribution in [-0.4, -0.2) is 10.2 Å². The summed E-state index contributed by atoms with van der Waals surface area (Å²) in [6.45, 7) is 0. The van der Waals surface area contributed by atoms with Gasteiger partial charge in [0.2, 0.25) is 0 Å². The molecule has 0 fully saturated rings. The first-order valence-electron chi connectivity index (χ1n) is 5.44. The highest BCUT2D eigenvalue weighted by atomic mass is 79.9. The van der Waals surface area contributed by atoms with E-state index in [1.54, 1.807) is 12.1 Å². The van der Waals surface area contributed by atoms with Crippen LogP contribution in [0.2, 0.25) is 20.1 Å². The minimum atomic E-state index is -0.185. The number of aromatic hydroxyl groups is 2. The third-order valence-electron chi connectivity index (χ3n) is 2.80. The Balaban J connectivity index is 2.54. The van der Waals surface area contributed by atoms with Crippen LogP contribution in [0.5, 0.6) is 11.5 Å². The average molecular weight is 496 g/mol. The van der Waals surface area contributed by atoms with Crippen molar-refractivity contribution in [1.29, 1.82) is 0 Å². The van der Waals surface area contributed by atoms with Crippen molar-refractivity contribution in [2.45, 2.75) is 6.42 Å². The predicted molar refractivity (Wildman–Crippen MR) is 94.5 cm³/mol. The van der Waals surface area contributed by atoms with Gasteiger partial charge in [0.05, 0.1) is 20.1 Å². The molecule has 0 aliphatic heterocycles. The zero-order chi connectivity index (χ0) is 15.9. The molecule has 2 rings (SSSR count). The zero-order valence-corrected chi connectivity index (χ0v) is 16.2. The van der Waals surface area contributed by atoms with Crippen LogP contribution in [0.4, 0.5) is 0 Å². The van der Waals surface area contributed by atoms with Gasteiger partial charge < -0.3 is 10.2 Å². The van der Waals surface area contributed by atoms with E-state index in [-0.39, 0.29) is 31.6 Å². The molecule has 2 aromatic carbocycles. The number of phenols is 2. The Labute approximate surface area is 157 Å². The molecule has 0 aliphatic carbocycles. The maximum Gasteiger partial charge on any atom is 0.153 e. The molecule has 0 atom stereocenters. The van der Waals surface area contributed by atoms with Crippen molar-refractivity contribution in [2.24, 2.45) is 0 Å². The molecule has 0 radical (unpaired) electrons. The second-order valence-corrected chi connectivity index (χ2v) is 7.32. The first-order chi connectivity index (χ1) is 9.73. The lowest BCUT2D eigenvalue weighted by atomic mass is 10.0. The molecule has 0 saturated heterocycles. The zero-order valence-electron chi connectivity index (χ0n) is 10.0. The van der Waals surface area contributed by atoms with E-state index in [0.29, 0.717) is 15.4 Å². The van der Waals surface area contributed by atoms with Crippen LogP contribution in [0, 0.1) is 0 Å². The minimum absolute atomic E-state index is 0.129. The maximum absolute atomic E-state index is 9.68. The summed E-state index contributed by atoms with van der Waals surface area (Å²) >= 11 is 30.5. The normalized spacial score (nSPS) is 11.0. The lowest BCUT2D eigenvalue weighted by Crippen LogP contribution is -1.94. The molecule has 2 nitrogen and oxygen atoms in total. The van der Waals surface area contributed by atoms with Crippen molar-refractivity contribution in [3.05, 3.63) is 52.3 Å². The molecule has 2 aromatic rings. The molecule has 112 valence electrons. The van der Waals surface area contributed by atoms with Gasteiger partial charge in [0.25, 0.3) is 0 Å². The minimum Gasteiger partial charge on any atom is -0.505 e. The highest BCUT2D eigenvalue weighted by molar-refractivity contribution is 9.11. The second kappa shape index (κ2) is 6.73. The first-order valence-corrected chi connectivity index (χ1v) is 8.54. The SMILES string of the molecule is Oc1c(Cl)cc(Cc2cc(Cl)c(O)c(Cl)c2Br)c(Br)c1Cl. The van der Waals surface area contributed by atoms with Gasteiger partial charge >= 0.3 is 0 Å². The van der Waals surface area contributed by atoms with Gasteiger partial charge in [-0.05, 0) is 61.5 Å². The topological polar surface area (TPSA) is 40.5 Å². The van der Waals surface area contributed by atoms with E-state index in [0.717, 1.165) is 11.1 Å². The fourth-order valence-corrected chi connectivity index (χ4v) is 3.61. The third kappa shape index (κ3) is 3.41. The maximum atomic E-state index is 9.68. The summed E-state index contributed by atoms with van der Waals surface area (Å²) < 4.78 is 1.05. The molecule has 8 heteroatoms. The fraction of sp³-hybridized carbons (Fsp3) is 0.0769. The van der Waals surface area contributed by atoms with Crippen LogP contribution in [-0.2, 0) is 6.42 Å². The Morgan fingerprint density at radius 2 is 1.10 bits per heavy atom. The van der Waals surface area contributed by atoms with Gasteiger partial charge in [-0.3, -0.25) is 0 Å². The van der Waals surface area contributed by atoms with Crippen LogP contribution in [0.3, 0.4) is 0 Å². The molecule has 0 saturated carbocycles. The summed E-state index contributed by atoms with van der Waals surface area (Å²) in [4.78, 5) is 0. The van der Waals surface area contributed by atoms with Crippen molar-refractivity contribution in [3.63, 3.8) is 0 Å². The van der Waals surface area contributed by atoms with Crippen LogP contribution < -0.4 is 0 Å². The van der Waals surface area contributed by atoms with Crippen molar-refractivity contribution >= 4 is 78.3 Å². The highest BCUT2D eigenvalue weighted by Gasteiger charge is 2.18. The molecule has 0 bridgehead atoms. The predicted octanol–water partition coefficient (Wildman–Crippen LogP) is 6.83. The average Bonchev–Trinajstić information content (AvgIpc) is 2.45. The van der Waals surface area contributed by atoms with E-state index >= 15 is 0 Å². The summed E-state index contributed by atoms with van der Waals surface area (Å²) in [6.07, 6.45) is 0.389. The molecule has 0 spiro atoms. The van der Waals surface area contributed by atoms with Crippen LogP contribution in [0.15, 0.2) is 21.1 Å². The number of benzene rings is 2. The number of phenolic OH excluding ortho intramolecular Hbond substituents is 2. The van der Waals surface area contributed by atoms with Gasteiger partial charge in [0, 0.05) is 8.95 Å². The van der Waals surface area contributed by atoms with Gasteiger partial charge in [0.15, 0.2) is 11.5 Å². The van der Waals surface area contributed by atoms with E-state index < -0.39 is 0 Å². The molecular formula is C13H6Br2Cl4O2. The molecule has 0 amide bonds. The molecule has 2 N–H and O–H groups in total. The first kappa shape index (κ1) is 17.5. The van der Waals surface area contributed by atoms with Gasteiger partial charge in [0.1, 0.15) is 0 Å². The van der Waals surface area contributed by atoms with Crippen LogP contribution in [0.25, 0.3) is 0 Å². The highest BCUT2D eigenvalue weighted by Crippen LogP contribution is 2.43. The lowest BCUT2D eigenvalue weighted by Gasteiger charge is -2.13. The number of halogens is 6. The number of rotatable bonds is 2. The molecule has 0 unspecified atom stereocenters. The Morgan fingerprint density at radius 1 is 0.762 bits per heavy atom. The van der Waals surface area contributed by atoms with Crippen molar-refractivity contribution in [1.82, 2.24) is 0 Å². The van der Waals surface area contributed by atoms with Crippen molar-refractivity contribution in [2.75, 3.05) is 0 Å². The molecule has 0 heterocycles.